The van der Waals surface area contributed by atoms with E-state index in [0.717, 1.165) is 5.75 Å². The Morgan fingerprint density at radius 2 is 1.90 bits per heavy atom. The lowest BCUT2D eigenvalue weighted by Gasteiger charge is -2.13. The van der Waals surface area contributed by atoms with Crippen molar-refractivity contribution in [2.45, 2.75) is 32.7 Å². The summed E-state index contributed by atoms with van der Waals surface area (Å²) in [5, 5.41) is 2.87. The van der Waals surface area contributed by atoms with Gasteiger partial charge in [-0.05, 0) is 32.4 Å². The minimum absolute atomic E-state index is 0.0150. The second-order valence-electron chi connectivity index (χ2n) is 4.76. The third-order valence-corrected chi connectivity index (χ3v) is 2.78. The van der Waals surface area contributed by atoms with Crippen molar-refractivity contribution in [3.63, 3.8) is 0 Å². The lowest BCUT2D eigenvalue weighted by molar-refractivity contribution is -0.122. The van der Waals surface area contributed by atoms with E-state index in [2.05, 4.69) is 5.32 Å². The van der Waals surface area contributed by atoms with Gasteiger partial charge in [0, 0.05) is 19.6 Å². The molecule has 0 aromatic heterocycles. The minimum atomic E-state index is 0.0150. The monoisotopic (exact) mass is 295 g/mol. The van der Waals surface area contributed by atoms with Gasteiger partial charge in [-0.1, -0.05) is 12.1 Å². The molecule has 1 aromatic rings. The van der Waals surface area contributed by atoms with Crippen LogP contribution in [0.1, 0.15) is 26.7 Å². The fraction of sp³-hybridized carbons (Fsp3) is 0.562. The maximum Gasteiger partial charge on any atom is 0.220 e. The summed E-state index contributed by atoms with van der Waals surface area (Å²) in [6, 6.07) is 7.57. The van der Waals surface area contributed by atoms with Crippen molar-refractivity contribution in [3.8, 4) is 11.5 Å². The molecular weight excluding hydrogens is 270 g/mol. The van der Waals surface area contributed by atoms with E-state index in [4.69, 9.17) is 14.2 Å². The van der Waals surface area contributed by atoms with Crippen molar-refractivity contribution in [2.75, 3.05) is 26.9 Å². The standard InChI is InChI=1S/C16H25NO4/c1-4-20-14-8-5-6-9-15(14)21-11-7-10-16(18)17-13(2)12-19-3/h5-6,8-9,13H,4,7,10-12H2,1-3H3,(H,17,18). The molecule has 118 valence electrons. The van der Waals surface area contributed by atoms with Crippen LogP contribution in [0, 0.1) is 0 Å². The van der Waals surface area contributed by atoms with Crippen molar-refractivity contribution in [3.05, 3.63) is 24.3 Å². The zero-order chi connectivity index (χ0) is 15.5. The minimum Gasteiger partial charge on any atom is -0.490 e. The number of hydrogen-bond acceptors (Lipinski definition) is 4. The quantitative estimate of drug-likeness (QED) is 0.673. The molecule has 0 radical (unpaired) electrons. The predicted octanol–water partition coefficient (Wildman–Crippen LogP) is 2.40. The summed E-state index contributed by atoms with van der Waals surface area (Å²) < 4.78 is 16.1. The van der Waals surface area contributed by atoms with Gasteiger partial charge in [0.15, 0.2) is 11.5 Å². The molecule has 1 amide bonds. The number of methoxy groups -OCH3 is 1. The lowest BCUT2D eigenvalue weighted by atomic mass is 10.2. The lowest BCUT2D eigenvalue weighted by Crippen LogP contribution is -2.35. The number of rotatable bonds is 10. The van der Waals surface area contributed by atoms with Gasteiger partial charge in [0.25, 0.3) is 0 Å². The van der Waals surface area contributed by atoms with Crippen LogP contribution in [0.25, 0.3) is 0 Å². The maximum atomic E-state index is 11.7. The zero-order valence-electron chi connectivity index (χ0n) is 13.1. The van der Waals surface area contributed by atoms with Gasteiger partial charge in [0.1, 0.15) is 0 Å². The molecule has 1 rings (SSSR count). The average molecular weight is 295 g/mol. The number of ether oxygens (including phenoxy) is 3. The summed E-state index contributed by atoms with van der Waals surface area (Å²) in [4.78, 5) is 11.7. The number of carbonyl (C=O) groups excluding carboxylic acids is 1. The van der Waals surface area contributed by atoms with Gasteiger partial charge >= 0.3 is 0 Å². The normalized spacial score (nSPS) is 11.8. The molecule has 5 heteroatoms. The van der Waals surface area contributed by atoms with E-state index in [9.17, 15) is 4.79 Å². The summed E-state index contributed by atoms with van der Waals surface area (Å²) in [6.07, 6.45) is 1.09. The Morgan fingerprint density at radius 3 is 2.52 bits per heavy atom. The maximum absolute atomic E-state index is 11.7. The summed E-state index contributed by atoms with van der Waals surface area (Å²) >= 11 is 0. The Labute approximate surface area is 126 Å². The molecule has 1 atom stereocenters. The highest BCUT2D eigenvalue weighted by atomic mass is 16.5. The van der Waals surface area contributed by atoms with Crippen molar-refractivity contribution >= 4 is 5.91 Å². The molecular formula is C16H25NO4. The van der Waals surface area contributed by atoms with E-state index in [1.54, 1.807) is 7.11 Å². The third kappa shape index (κ3) is 6.99. The van der Waals surface area contributed by atoms with Crippen LogP contribution in [0.5, 0.6) is 11.5 Å². The van der Waals surface area contributed by atoms with Crippen molar-refractivity contribution < 1.29 is 19.0 Å². The highest BCUT2D eigenvalue weighted by molar-refractivity contribution is 5.76. The molecule has 5 nitrogen and oxygen atoms in total. The van der Waals surface area contributed by atoms with Gasteiger partial charge in [-0.2, -0.15) is 0 Å². The first kappa shape index (κ1) is 17.3. The van der Waals surface area contributed by atoms with Gasteiger partial charge in [-0.3, -0.25) is 4.79 Å². The molecule has 0 aliphatic heterocycles. The van der Waals surface area contributed by atoms with E-state index in [-0.39, 0.29) is 11.9 Å². The van der Waals surface area contributed by atoms with Crippen molar-refractivity contribution in [2.24, 2.45) is 0 Å². The number of nitrogens with one attached hydrogen (secondary N) is 1. The van der Waals surface area contributed by atoms with Crippen LogP contribution in [0.4, 0.5) is 0 Å². The van der Waals surface area contributed by atoms with Crippen LogP contribution in [-0.2, 0) is 9.53 Å². The first-order valence-corrected chi connectivity index (χ1v) is 7.30. The molecule has 0 bridgehead atoms. The molecule has 1 aromatic carbocycles. The number of amides is 1. The molecule has 0 saturated carbocycles. The molecule has 0 spiro atoms. The summed E-state index contributed by atoms with van der Waals surface area (Å²) in [6.45, 7) is 5.44. The van der Waals surface area contributed by atoms with Crippen LogP contribution >= 0.6 is 0 Å². The van der Waals surface area contributed by atoms with Crippen LogP contribution in [0.2, 0.25) is 0 Å². The SMILES string of the molecule is CCOc1ccccc1OCCCC(=O)NC(C)COC. The van der Waals surface area contributed by atoms with Crippen molar-refractivity contribution in [1.29, 1.82) is 0 Å². The fourth-order valence-corrected chi connectivity index (χ4v) is 1.90. The highest BCUT2D eigenvalue weighted by Crippen LogP contribution is 2.26. The van der Waals surface area contributed by atoms with Crippen LogP contribution in [-0.4, -0.2) is 38.9 Å². The number of benzene rings is 1. The molecule has 1 N–H and O–H groups in total. The van der Waals surface area contributed by atoms with Gasteiger partial charge in [-0.15, -0.1) is 0 Å². The van der Waals surface area contributed by atoms with Crippen molar-refractivity contribution in [1.82, 2.24) is 5.32 Å². The molecule has 0 aliphatic rings. The Morgan fingerprint density at radius 1 is 1.24 bits per heavy atom. The largest absolute Gasteiger partial charge is 0.490 e. The molecule has 0 aliphatic carbocycles. The van der Waals surface area contributed by atoms with E-state index in [1.165, 1.54) is 0 Å². The molecule has 0 fully saturated rings. The smallest absolute Gasteiger partial charge is 0.220 e. The first-order valence-electron chi connectivity index (χ1n) is 7.30. The Bertz CT molecular complexity index is 422. The molecule has 0 heterocycles. The summed E-state index contributed by atoms with van der Waals surface area (Å²) in [5.41, 5.74) is 0. The summed E-state index contributed by atoms with van der Waals surface area (Å²) in [7, 11) is 1.62. The Hall–Kier alpha value is -1.75. The molecule has 0 saturated heterocycles. The van der Waals surface area contributed by atoms with E-state index >= 15 is 0 Å². The van der Waals surface area contributed by atoms with E-state index in [0.29, 0.717) is 38.4 Å². The van der Waals surface area contributed by atoms with Crippen LogP contribution in [0.15, 0.2) is 24.3 Å². The Kier molecular flexibility index (Phi) is 8.28. The van der Waals surface area contributed by atoms with Gasteiger partial charge in [0.2, 0.25) is 5.91 Å². The van der Waals surface area contributed by atoms with E-state index < -0.39 is 0 Å². The average Bonchev–Trinajstić information content (AvgIpc) is 2.45. The van der Waals surface area contributed by atoms with Gasteiger partial charge in [-0.25, -0.2) is 0 Å². The third-order valence-electron chi connectivity index (χ3n) is 2.78. The second-order valence-corrected chi connectivity index (χ2v) is 4.76. The zero-order valence-corrected chi connectivity index (χ0v) is 13.1. The number of carbonyl (C=O) groups is 1. The number of hydrogen-bond donors (Lipinski definition) is 1. The molecule has 21 heavy (non-hydrogen) atoms. The van der Waals surface area contributed by atoms with E-state index in [1.807, 2.05) is 38.1 Å². The highest BCUT2D eigenvalue weighted by Gasteiger charge is 2.07. The summed E-state index contributed by atoms with van der Waals surface area (Å²) in [5.74, 6) is 1.46. The van der Waals surface area contributed by atoms with Gasteiger partial charge < -0.3 is 19.5 Å². The van der Waals surface area contributed by atoms with Gasteiger partial charge in [0.05, 0.1) is 19.8 Å². The second kappa shape index (κ2) is 10.0. The molecule has 1 unspecified atom stereocenters. The number of para-hydroxylation sites is 2. The predicted molar refractivity (Wildman–Crippen MR) is 81.8 cm³/mol. The topological polar surface area (TPSA) is 56.8 Å². The fourth-order valence-electron chi connectivity index (χ4n) is 1.90. The van der Waals surface area contributed by atoms with Crippen LogP contribution < -0.4 is 14.8 Å². The Balaban J connectivity index is 2.26. The van der Waals surface area contributed by atoms with Crippen LogP contribution in [0.3, 0.4) is 0 Å². The first-order chi connectivity index (χ1) is 10.2.